The molecule has 0 amide bonds. The van der Waals surface area contributed by atoms with Gasteiger partial charge in [-0.25, -0.2) is 0 Å². The van der Waals surface area contributed by atoms with Gasteiger partial charge in [0.1, 0.15) is 0 Å². The van der Waals surface area contributed by atoms with E-state index in [1.807, 2.05) is 24.4 Å². The highest BCUT2D eigenvalue weighted by atomic mass is 79.9. The monoisotopic (exact) mass is 425 g/mol. The summed E-state index contributed by atoms with van der Waals surface area (Å²) in [7, 11) is 0. The summed E-state index contributed by atoms with van der Waals surface area (Å²) in [6.07, 6.45) is 1.83. The van der Waals surface area contributed by atoms with Gasteiger partial charge >= 0.3 is 0 Å². The first-order chi connectivity index (χ1) is 13.6. The fourth-order valence-electron chi connectivity index (χ4n) is 4.31. The molecular weight excluding hydrogens is 406 g/mol. The van der Waals surface area contributed by atoms with Crippen LogP contribution >= 0.6 is 15.9 Å². The minimum absolute atomic E-state index is 0.0162. The van der Waals surface area contributed by atoms with Crippen molar-refractivity contribution in [2.24, 2.45) is 0 Å². The Labute approximate surface area is 174 Å². The van der Waals surface area contributed by atoms with E-state index in [0.717, 1.165) is 15.7 Å². The Balaban J connectivity index is 1.60. The summed E-state index contributed by atoms with van der Waals surface area (Å²) >= 11 is 3.79. The fourth-order valence-corrected chi connectivity index (χ4v) is 4.92. The molecule has 0 atom stereocenters. The van der Waals surface area contributed by atoms with Crippen molar-refractivity contribution in [1.29, 1.82) is 0 Å². The maximum absolute atomic E-state index is 4.46. The highest BCUT2D eigenvalue weighted by Crippen LogP contribution is 2.49. The standard InChI is InChI=1S/C26H20BrN/c1-26(2)22-8-4-3-7-20(22)21-13-10-17(15-23(21)26)19-12-11-18(16-24(19)27)25-9-5-6-14-28-25/h3-16H,1-2H3. The molecule has 0 saturated carbocycles. The fraction of sp³-hybridized carbons (Fsp3) is 0.115. The molecule has 1 aromatic heterocycles. The largest absolute Gasteiger partial charge is 0.256 e. The van der Waals surface area contributed by atoms with Crippen LogP contribution in [0.2, 0.25) is 0 Å². The van der Waals surface area contributed by atoms with Crippen LogP contribution < -0.4 is 0 Å². The lowest BCUT2D eigenvalue weighted by atomic mass is 9.81. The van der Waals surface area contributed by atoms with Crippen molar-refractivity contribution in [3.8, 4) is 33.5 Å². The topological polar surface area (TPSA) is 12.9 Å². The zero-order valence-corrected chi connectivity index (χ0v) is 17.5. The lowest BCUT2D eigenvalue weighted by Crippen LogP contribution is -2.14. The zero-order chi connectivity index (χ0) is 19.3. The van der Waals surface area contributed by atoms with Gasteiger partial charge in [-0.2, -0.15) is 0 Å². The molecule has 0 aliphatic heterocycles. The van der Waals surface area contributed by atoms with Gasteiger partial charge in [-0.1, -0.05) is 84.4 Å². The number of nitrogens with zero attached hydrogens (tertiary/aromatic N) is 1. The third kappa shape index (κ3) is 2.63. The third-order valence-corrected chi connectivity index (χ3v) is 6.48. The van der Waals surface area contributed by atoms with E-state index in [9.17, 15) is 0 Å². The predicted octanol–water partition coefficient (Wildman–Crippen LogP) is 7.48. The quantitative estimate of drug-likeness (QED) is 0.324. The molecule has 0 unspecified atom stereocenters. The summed E-state index contributed by atoms with van der Waals surface area (Å²) in [6, 6.07) is 28.1. The van der Waals surface area contributed by atoms with Crippen LogP contribution in [0.5, 0.6) is 0 Å². The van der Waals surface area contributed by atoms with Gasteiger partial charge in [0.05, 0.1) is 5.69 Å². The Kier molecular flexibility index (Phi) is 3.99. The molecule has 136 valence electrons. The van der Waals surface area contributed by atoms with E-state index in [1.165, 1.54) is 33.4 Å². The summed E-state index contributed by atoms with van der Waals surface area (Å²) in [5.41, 5.74) is 10.1. The highest BCUT2D eigenvalue weighted by molar-refractivity contribution is 9.10. The van der Waals surface area contributed by atoms with Crippen LogP contribution in [0, 0.1) is 0 Å². The van der Waals surface area contributed by atoms with Crippen LogP contribution in [-0.4, -0.2) is 4.98 Å². The van der Waals surface area contributed by atoms with Gasteiger partial charge in [0.2, 0.25) is 0 Å². The minimum atomic E-state index is 0.0162. The van der Waals surface area contributed by atoms with Gasteiger partial charge in [-0.3, -0.25) is 4.98 Å². The average molecular weight is 426 g/mol. The Morgan fingerprint density at radius 1 is 0.679 bits per heavy atom. The number of benzene rings is 3. The molecular formula is C26H20BrN. The van der Waals surface area contributed by atoms with Crippen LogP contribution in [0.3, 0.4) is 0 Å². The summed E-state index contributed by atoms with van der Waals surface area (Å²) in [5.74, 6) is 0. The first kappa shape index (κ1) is 17.4. The maximum atomic E-state index is 4.46. The number of pyridine rings is 1. The van der Waals surface area contributed by atoms with E-state index in [1.54, 1.807) is 0 Å². The van der Waals surface area contributed by atoms with Gasteiger partial charge in [0.25, 0.3) is 0 Å². The molecule has 0 N–H and O–H groups in total. The van der Waals surface area contributed by atoms with E-state index >= 15 is 0 Å². The molecule has 1 aliphatic carbocycles. The van der Waals surface area contributed by atoms with Crippen LogP contribution in [-0.2, 0) is 5.41 Å². The first-order valence-electron chi connectivity index (χ1n) is 9.51. The van der Waals surface area contributed by atoms with Crippen molar-refractivity contribution in [2.45, 2.75) is 19.3 Å². The zero-order valence-electron chi connectivity index (χ0n) is 15.9. The van der Waals surface area contributed by atoms with Crippen molar-refractivity contribution in [1.82, 2.24) is 4.98 Å². The van der Waals surface area contributed by atoms with Gasteiger partial charge in [-0.15, -0.1) is 0 Å². The van der Waals surface area contributed by atoms with Crippen molar-refractivity contribution >= 4 is 15.9 Å². The molecule has 0 radical (unpaired) electrons. The lowest BCUT2D eigenvalue weighted by Gasteiger charge is -2.22. The Bertz CT molecular complexity index is 1190. The third-order valence-electron chi connectivity index (χ3n) is 5.82. The van der Waals surface area contributed by atoms with E-state index in [4.69, 9.17) is 0 Å². The Morgan fingerprint density at radius 3 is 2.18 bits per heavy atom. The van der Waals surface area contributed by atoms with Crippen LogP contribution in [0.15, 0.2) is 89.5 Å². The molecule has 0 saturated heterocycles. The van der Waals surface area contributed by atoms with Crippen molar-refractivity contribution in [2.75, 3.05) is 0 Å². The second-order valence-corrected chi connectivity index (χ2v) is 8.69. The van der Waals surface area contributed by atoms with Gasteiger partial charge < -0.3 is 0 Å². The van der Waals surface area contributed by atoms with E-state index < -0.39 is 0 Å². The van der Waals surface area contributed by atoms with Crippen LogP contribution in [0.25, 0.3) is 33.5 Å². The van der Waals surface area contributed by atoms with Gasteiger partial charge in [-0.05, 0) is 57.6 Å². The maximum Gasteiger partial charge on any atom is 0.0702 e. The van der Waals surface area contributed by atoms with E-state index in [-0.39, 0.29) is 5.41 Å². The van der Waals surface area contributed by atoms with Crippen molar-refractivity contribution in [3.63, 3.8) is 0 Å². The molecule has 0 fully saturated rings. The van der Waals surface area contributed by atoms with E-state index in [0.29, 0.717) is 0 Å². The van der Waals surface area contributed by atoms with Gasteiger partial charge in [0.15, 0.2) is 0 Å². The molecule has 1 nitrogen and oxygen atoms in total. The molecule has 2 heteroatoms. The summed E-state index contributed by atoms with van der Waals surface area (Å²) in [6.45, 7) is 4.64. The molecule has 1 aliphatic rings. The summed E-state index contributed by atoms with van der Waals surface area (Å²) in [5, 5.41) is 0. The molecule has 0 bridgehead atoms. The first-order valence-corrected chi connectivity index (χ1v) is 10.3. The van der Waals surface area contributed by atoms with E-state index in [2.05, 4.69) is 95.4 Å². The Hall–Kier alpha value is -2.71. The minimum Gasteiger partial charge on any atom is -0.256 e. The number of aromatic nitrogens is 1. The SMILES string of the molecule is CC1(C)c2ccccc2-c2ccc(-c3ccc(-c4ccccn4)cc3Br)cc21. The molecule has 28 heavy (non-hydrogen) atoms. The molecule has 5 rings (SSSR count). The molecule has 3 aromatic carbocycles. The molecule has 4 aromatic rings. The summed E-state index contributed by atoms with van der Waals surface area (Å²) < 4.78 is 1.09. The van der Waals surface area contributed by atoms with Gasteiger partial charge in [0, 0.05) is 21.6 Å². The van der Waals surface area contributed by atoms with Crippen LogP contribution in [0.1, 0.15) is 25.0 Å². The number of hydrogen-bond acceptors (Lipinski definition) is 1. The smallest absolute Gasteiger partial charge is 0.0702 e. The predicted molar refractivity (Wildman–Crippen MR) is 120 cm³/mol. The lowest BCUT2D eigenvalue weighted by molar-refractivity contribution is 0.660. The number of fused-ring (bicyclic) bond motifs is 3. The normalized spacial score (nSPS) is 13.8. The van der Waals surface area contributed by atoms with Crippen molar-refractivity contribution < 1.29 is 0 Å². The second kappa shape index (κ2) is 6.42. The van der Waals surface area contributed by atoms with Crippen molar-refractivity contribution in [3.05, 3.63) is 101 Å². The average Bonchev–Trinajstić information content (AvgIpc) is 2.96. The highest BCUT2D eigenvalue weighted by Gasteiger charge is 2.35. The molecule has 0 spiro atoms. The molecule has 1 heterocycles. The number of rotatable bonds is 2. The second-order valence-electron chi connectivity index (χ2n) is 7.84. The number of halogens is 1. The Morgan fingerprint density at radius 2 is 1.39 bits per heavy atom. The number of hydrogen-bond donors (Lipinski definition) is 0. The van der Waals surface area contributed by atoms with Crippen LogP contribution in [0.4, 0.5) is 0 Å². The summed E-state index contributed by atoms with van der Waals surface area (Å²) in [4.78, 5) is 4.46.